The summed E-state index contributed by atoms with van der Waals surface area (Å²) in [6.45, 7) is 5.85. The second-order valence-corrected chi connectivity index (χ2v) is 5.94. The van der Waals surface area contributed by atoms with Gasteiger partial charge in [-0.3, -0.25) is 4.98 Å². The average molecular weight is 251 g/mol. The molecule has 0 bridgehead atoms. The second-order valence-electron chi connectivity index (χ2n) is 4.53. The molecule has 1 atom stereocenters. The minimum Gasteiger partial charge on any atom is -0.397 e. The second kappa shape index (κ2) is 6.26. The molecule has 1 unspecified atom stereocenters. The van der Waals surface area contributed by atoms with Gasteiger partial charge in [0.1, 0.15) is 0 Å². The van der Waals surface area contributed by atoms with Crippen molar-refractivity contribution in [3.8, 4) is 0 Å². The predicted molar refractivity (Wildman–Crippen MR) is 75.3 cm³/mol. The van der Waals surface area contributed by atoms with Crippen molar-refractivity contribution in [1.29, 1.82) is 0 Å². The van der Waals surface area contributed by atoms with Gasteiger partial charge >= 0.3 is 0 Å². The summed E-state index contributed by atoms with van der Waals surface area (Å²) >= 11 is 2.12. The third-order valence-electron chi connectivity index (χ3n) is 3.21. The van der Waals surface area contributed by atoms with Gasteiger partial charge in [-0.1, -0.05) is 6.92 Å². The number of hydrogen-bond donors (Lipinski definition) is 1. The van der Waals surface area contributed by atoms with E-state index in [1.165, 1.54) is 25.3 Å². The molecule has 3 nitrogen and oxygen atoms in total. The van der Waals surface area contributed by atoms with Crippen LogP contribution in [0.4, 0.5) is 5.69 Å². The van der Waals surface area contributed by atoms with Crippen LogP contribution in [0.5, 0.6) is 0 Å². The molecule has 17 heavy (non-hydrogen) atoms. The van der Waals surface area contributed by atoms with Gasteiger partial charge in [-0.25, -0.2) is 0 Å². The first-order chi connectivity index (χ1) is 8.28. The van der Waals surface area contributed by atoms with Crippen LogP contribution in [-0.2, 0) is 6.42 Å². The Morgan fingerprint density at radius 1 is 1.53 bits per heavy atom. The van der Waals surface area contributed by atoms with Gasteiger partial charge in [0.2, 0.25) is 0 Å². The smallest absolute Gasteiger partial charge is 0.0501 e. The van der Waals surface area contributed by atoms with E-state index >= 15 is 0 Å². The maximum Gasteiger partial charge on any atom is 0.0501 e. The third-order valence-corrected chi connectivity index (χ3v) is 4.58. The van der Waals surface area contributed by atoms with Crippen LogP contribution in [0, 0.1) is 0 Å². The molecule has 1 saturated heterocycles. The molecule has 4 heteroatoms. The highest BCUT2D eigenvalue weighted by Crippen LogP contribution is 2.21. The molecular weight excluding hydrogens is 230 g/mol. The number of pyridine rings is 1. The maximum absolute atomic E-state index is 5.63. The molecule has 2 N–H and O–H groups in total. The molecule has 94 valence electrons. The highest BCUT2D eigenvalue weighted by Gasteiger charge is 2.18. The van der Waals surface area contributed by atoms with Gasteiger partial charge < -0.3 is 10.6 Å². The lowest BCUT2D eigenvalue weighted by Gasteiger charge is -2.31. The molecular formula is C13H21N3S. The molecule has 1 aliphatic rings. The van der Waals surface area contributed by atoms with Gasteiger partial charge in [0.15, 0.2) is 0 Å². The van der Waals surface area contributed by atoms with E-state index in [0.717, 1.165) is 29.6 Å². The first-order valence-electron chi connectivity index (χ1n) is 6.32. The van der Waals surface area contributed by atoms with Crippen molar-refractivity contribution >= 4 is 17.4 Å². The van der Waals surface area contributed by atoms with E-state index in [0.29, 0.717) is 0 Å². The van der Waals surface area contributed by atoms with Gasteiger partial charge in [-0.15, -0.1) is 0 Å². The van der Waals surface area contributed by atoms with Crippen LogP contribution in [0.3, 0.4) is 0 Å². The average Bonchev–Trinajstić information content (AvgIpc) is 2.38. The lowest BCUT2D eigenvalue weighted by atomic mass is 10.2. The summed E-state index contributed by atoms with van der Waals surface area (Å²) in [5.41, 5.74) is 7.51. The third kappa shape index (κ3) is 3.89. The van der Waals surface area contributed by atoms with E-state index in [4.69, 9.17) is 5.73 Å². The van der Waals surface area contributed by atoms with Crippen molar-refractivity contribution in [1.82, 2.24) is 9.88 Å². The number of hydrogen-bond acceptors (Lipinski definition) is 4. The SMILES string of the molecule is CCC1CN(CCc2ccc(N)cn2)CCS1. The summed E-state index contributed by atoms with van der Waals surface area (Å²) in [6, 6.07) is 3.97. The quantitative estimate of drug-likeness (QED) is 0.889. The first-order valence-corrected chi connectivity index (χ1v) is 7.37. The zero-order valence-corrected chi connectivity index (χ0v) is 11.2. The zero-order chi connectivity index (χ0) is 12.1. The normalized spacial score (nSPS) is 21.6. The van der Waals surface area contributed by atoms with Crippen LogP contribution in [0.1, 0.15) is 19.0 Å². The molecule has 1 aromatic rings. The van der Waals surface area contributed by atoms with Crippen molar-refractivity contribution in [2.24, 2.45) is 0 Å². The number of thioether (sulfide) groups is 1. The number of nitrogens with zero attached hydrogens (tertiary/aromatic N) is 2. The Bertz CT molecular complexity index is 339. The molecule has 0 amide bonds. The Morgan fingerprint density at radius 3 is 3.12 bits per heavy atom. The highest BCUT2D eigenvalue weighted by molar-refractivity contribution is 8.00. The Morgan fingerprint density at radius 2 is 2.41 bits per heavy atom. The summed E-state index contributed by atoms with van der Waals surface area (Å²) < 4.78 is 0. The van der Waals surface area contributed by atoms with Crippen LogP contribution in [-0.4, -0.2) is 40.5 Å². The molecule has 1 fully saturated rings. The standard InChI is InChI=1S/C13H21N3S/c1-2-13-10-16(7-8-17-13)6-5-12-4-3-11(14)9-15-12/h3-4,9,13H,2,5-8,10,14H2,1H3. The van der Waals surface area contributed by atoms with Gasteiger partial charge in [-0.2, -0.15) is 11.8 Å². The van der Waals surface area contributed by atoms with E-state index in [1.54, 1.807) is 6.20 Å². The number of rotatable bonds is 4. The van der Waals surface area contributed by atoms with E-state index in [2.05, 4.69) is 28.6 Å². The number of nitrogens with two attached hydrogens (primary N) is 1. The van der Waals surface area contributed by atoms with E-state index in [-0.39, 0.29) is 0 Å². The largest absolute Gasteiger partial charge is 0.397 e. The Kier molecular flexibility index (Phi) is 4.68. The Hall–Kier alpha value is -0.740. The fraction of sp³-hybridized carbons (Fsp3) is 0.615. The van der Waals surface area contributed by atoms with Crippen molar-refractivity contribution in [3.63, 3.8) is 0 Å². The van der Waals surface area contributed by atoms with Gasteiger partial charge in [-0.05, 0) is 18.6 Å². The van der Waals surface area contributed by atoms with Crippen molar-refractivity contribution in [2.75, 3.05) is 31.1 Å². The summed E-state index contributed by atoms with van der Waals surface area (Å²) in [6.07, 6.45) is 4.05. The fourth-order valence-corrected chi connectivity index (χ4v) is 3.34. The van der Waals surface area contributed by atoms with Gasteiger partial charge in [0.05, 0.1) is 11.9 Å². The maximum atomic E-state index is 5.63. The Labute approximate surface area is 108 Å². The number of aromatic nitrogens is 1. The molecule has 0 radical (unpaired) electrons. The fourth-order valence-electron chi connectivity index (χ4n) is 2.09. The van der Waals surface area contributed by atoms with Crippen LogP contribution < -0.4 is 5.73 Å². The van der Waals surface area contributed by atoms with Gasteiger partial charge in [0, 0.05) is 42.8 Å². The van der Waals surface area contributed by atoms with E-state index in [9.17, 15) is 0 Å². The van der Waals surface area contributed by atoms with Crippen LogP contribution >= 0.6 is 11.8 Å². The van der Waals surface area contributed by atoms with Crippen molar-refractivity contribution in [3.05, 3.63) is 24.0 Å². The molecule has 0 aromatic carbocycles. The Balaban J connectivity index is 1.79. The van der Waals surface area contributed by atoms with E-state index in [1.807, 2.05) is 12.1 Å². The highest BCUT2D eigenvalue weighted by atomic mass is 32.2. The molecule has 2 heterocycles. The van der Waals surface area contributed by atoms with Crippen LogP contribution in [0.25, 0.3) is 0 Å². The lowest BCUT2D eigenvalue weighted by molar-refractivity contribution is 0.284. The van der Waals surface area contributed by atoms with Crippen molar-refractivity contribution in [2.45, 2.75) is 25.0 Å². The summed E-state index contributed by atoms with van der Waals surface area (Å²) in [4.78, 5) is 6.90. The zero-order valence-electron chi connectivity index (χ0n) is 10.4. The summed E-state index contributed by atoms with van der Waals surface area (Å²) in [5.74, 6) is 1.27. The number of nitrogen functional groups attached to an aromatic ring is 1. The van der Waals surface area contributed by atoms with Crippen LogP contribution in [0.2, 0.25) is 0 Å². The monoisotopic (exact) mass is 251 g/mol. The molecule has 1 aliphatic heterocycles. The molecule has 0 spiro atoms. The van der Waals surface area contributed by atoms with Crippen molar-refractivity contribution < 1.29 is 0 Å². The van der Waals surface area contributed by atoms with E-state index < -0.39 is 0 Å². The molecule has 0 aliphatic carbocycles. The minimum atomic E-state index is 0.745. The summed E-state index contributed by atoms with van der Waals surface area (Å²) in [7, 11) is 0. The van der Waals surface area contributed by atoms with Crippen LogP contribution in [0.15, 0.2) is 18.3 Å². The van der Waals surface area contributed by atoms with Gasteiger partial charge in [0.25, 0.3) is 0 Å². The first kappa shape index (κ1) is 12.7. The summed E-state index contributed by atoms with van der Waals surface area (Å²) in [5, 5.41) is 0.822. The predicted octanol–water partition coefficient (Wildman–Crippen LogP) is 2.03. The topological polar surface area (TPSA) is 42.1 Å². The molecule has 0 saturated carbocycles. The lowest BCUT2D eigenvalue weighted by Crippen LogP contribution is -2.38. The minimum absolute atomic E-state index is 0.745. The molecule has 2 rings (SSSR count). The molecule has 1 aromatic heterocycles. The number of anilines is 1.